The minimum Gasteiger partial charge on any atom is -1.00 e. The van der Waals surface area contributed by atoms with Gasteiger partial charge in [-0.25, -0.2) is 0 Å². The Morgan fingerprint density at radius 2 is 1.12 bits per heavy atom. The summed E-state index contributed by atoms with van der Waals surface area (Å²) in [5, 5.41) is 17.1. The van der Waals surface area contributed by atoms with Gasteiger partial charge in [-0.2, -0.15) is 0 Å². The number of hydrogen-bond donors (Lipinski definition) is 2. The molecule has 0 aliphatic heterocycles. The Morgan fingerprint density at radius 1 is 0.676 bits per heavy atom. The summed E-state index contributed by atoms with van der Waals surface area (Å²) in [5.41, 5.74) is 3.56. The van der Waals surface area contributed by atoms with Crippen LogP contribution in [0.25, 0.3) is 0 Å². The fraction of sp³-hybridized carbons (Fsp3) is 0.500. The van der Waals surface area contributed by atoms with Crippen LogP contribution in [0.4, 0.5) is 0 Å². The van der Waals surface area contributed by atoms with E-state index in [-0.39, 0.29) is 43.8 Å². The number of nitrogens with zero attached hydrogens (tertiary/aromatic N) is 1. The van der Waals surface area contributed by atoms with Crippen molar-refractivity contribution in [2.24, 2.45) is 0 Å². The first kappa shape index (κ1) is 32.3. The molecule has 6 heteroatoms. The number of carbonyl (C=O) groups is 2. The molecule has 0 heterocycles. The van der Waals surface area contributed by atoms with E-state index in [4.69, 9.17) is 10.2 Å². The minimum absolute atomic E-state index is 0. The maximum atomic E-state index is 10.5. The average molecular weight is 480 g/mol. The van der Waals surface area contributed by atoms with Crippen molar-refractivity contribution in [2.75, 3.05) is 19.6 Å². The Bertz CT molecular complexity index is 783. The fourth-order valence-electron chi connectivity index (χ4n) is 3.58. The first-order valence-electron chi connectivity index (χ1n) is 12.2. The topological polar surface area (TPSA) is 77.8 Å². The molecule has 0 spiro atoms. The van der Waals surface area contributed by atoms with E-state index in [0.29, 0.717) is 12.8 Å². The average Bonchev–Trinajstić information content (AvgIpc) is 2.83. The molecule has 2 aromatic carbocycles. The normalized spacial score (nSPS) is 10.2. The van der Waals surface area contributed by atoms with Crippen LogP contribution in [0.2, 0.25) is 0 Å². The van der Waals surface area contributed by atoms with Gasteiger partial charge in [0.1, 0.15) is 0 Å². The molecular formula is C28H42NNaO4. The summed E-state index contributed by atoms with van der Waals surface area (Å²) in [4.78, 5) is 23.2. The molecule has 0 aliphatic rings. The van der Waals surface area contributed by atoms with E-state index in [2.05, 4.69) is 43.0 Å². The minimum atomic E-state index is -0.742. The number of benzene rings is 2. The first-order chi connectivity index (χ1) is 15.9. The van der Waals surface area contributed by atoms with Crippen LogP contribution in [0.15, 0.2) is 54.6 Å². The third-order valence-electron chi connectivity index (χ3n) is 5.71. The third kappa shape index (κ3) is 16.9. The van der Waals surface area contributed by atoms with Gasteiger partial charge < -0.3 is 16.5 Å². The number of carboxylic acids is 2. The molecule has 0 fully saturated rings. The molecule has 0 bridgehead atoms. The molecule has 2 rings (SSSR count). The molecule has 0 amide bonds. The molecule has 0 radical (unpaired) electrons. The number of hydrogen-bond acceptors (Lipinski definition) is 3. The standard InChI is InChI=1S/C19H31NO2.C9H10O2.Na.H/c1-3-20(4-2)16-8-6-5-7-9-17-10-12-18(13-11-17)14-15-19(21)22;10-9(11)7-6-8-4-2-1-3-5-8;;/h10-13H,3-9,14-16H2,1-2H3,(H,21,22);1-5H,6-7H2,(H,10,11);;/q;;+1;-1. The van der Waals surface area contributed by atoms with Crippen molar-refractivity contribution in [3.8, 4) is 0 Å². The van der Waals surface area contributed by atoms with Crippen molar-refractivity contribution in [2.45, 2.75) is 71.6 Å². The summed E-state index contributed by atoms with van der Waals surface area (Å²) in [5.74, 6) is -1.47. The zero-order valence-electron chi connectivity index (χ0n) is 22.3. The van der Waals surface area contributed by atoms with Gasteiger partial charge in [0.05, 0.1) is 0 Å². The Morgan fingerprint density at radius 3 is 1.59 bits per heavy atom. The zero-order valence-corrected chi connectivity index (χ0v) is 23.3. The SMILES string of the molecule is CCN(CC)CCCCCCc1ccc(CCC(=O)O)cc1.O=C(O)CCc1ccccc1.[H-].[Na+]. The number of rotatable bonds is 15. The van der Waals surface area contributed by atoms with Crippen molar-refractivity contribution in [1.29, 1.82) is 0 Å². The molecule has 0 saturated carbocycles. The Balaban J connectivity index is 0. The van der Waals surface area contributed by atoms with E-state index in [1.807, 2.05) is 30.3 Å². The van der Waals surface area contributed by atoms with Gasteiger partial charge in [-0.05, 0) is 68.4 Å². The van der Waals surface area contributed by atoms with Crippen LogP contribution >= 0.6 is 0 Å². The van der Waals surface area contributed by atoms with Crippen molar-refractivity contribution in [3.63, 3.8) is 0 Å². The van der Waals surface area contributed by atoms with E-state index >= 15 is 0 Å². The Kier molecular flexibility index (Phi) is 19.7. The van der Waals surface area contributed by atoms with Crippen LogP contribution < -0.4 is 29.6 Å². The molecule has 5 nitrogen and oxygen atoms in total. The predicted octanol–water partition coefficient (Wildman–Crippen LogP) is 2.97. The molecule has 0 saturated heterocycles. The van der Waals surface area contributed by atoms with Crippen molar-refractivity contribution in [3.05, 3.63) is 71.3 Å². The number of aliphatic carboxylic acids is 2. The van der Waals surface area contributed by atoms with E-state index in [9.17, 15) is 9.59 Å². The summed E-state index contributed by atoms with van der Waals surface area (Å²) in [6.45, 7) is 7.99. The van der Waals surface area contributed by atoms with Gasteiger partial charge in [-0.1, -0.05) is 81.3 Å². The number of aryl methyl sites for hydroxylation is 3. The van der Waals surface area contributed by atoms with Crippen molar-refractivity contribution < 1.29 is 50.8 Å². The van der Waals surface area contributed by atoms with E-state index in [1.165, 1.54) is 37.8 Å². The molecular weight excluding hydrogens is 437 g/mol. The maximum absolute atomic E-state index is 10.5. The largest absolute Gasteiger partial charge is 1.00 e. The molecule has 0 aromatic heterocycles. The molecule has 184 valence electrons. The second kappa shape index (κ2) is 20.7. The predicted molar refractivity (Wildman–Crippen MR) is 136 cm³/mol. The second-order valence-corrected chi connectivity index (χ2v) is 8.28. The monoisotopic (exact) mass is 479 g/mol. The number of carboxylic acid groups (broad SMARTS) is 2. The van der Waals surface area contributed by atoms with Crippen LogP contribution in [-0.2, 0) is 28.9 Å². The van der Waals surface area contributed by atoms with Gasteiger partial charge in [0.15, 0.2) is 0 Å². The van der Waals surface area contributed by atoms with E-state index < -0.39 is 11.9 Å². The van der Waals surface area contributed by atoms with Gasteiger partial charge in [-0.15, -0.1) is 0 Å². The smallest absolute Gasteiger partial charge is 1.00 e. The van der Waals surface area contributed by atoms with Gasteiger partial charge in [0, 0.05) is 12.8 Å². The van der Waals surface area contributed by atoms with E-state index in [1.54, 1.807) is 0 Å². The second-order valence-electron chi connectivity index (χ2n) is 8.28. The fourth-order valence-corrected chi connectivity index (χ4v) is 3.58. The Labute approximate surface area is 229 Å². The molecule has 34 heavy (non-hydrogen) atoms. The van der Waals surface area contributed by atoms with Gasteiger partial charge in [-0.3, -0.25) is 9.59 Å². The van der Waals surface area contributed by atoms with Gasteiger partial charge >= 0.3 is 41.5 Å². The van der Waals surface area contributed by atoms with Crippen LogP contribution in [0.5, 0.6) is 0 Å². The quantitative estimate of drug-likeness (QED) is 0.303. The van der Waals surface area contributed by atoms with Crippen LogP contribution in [0, 0.1) is 0 Å². The summed E-state index contributed by atoms with van der Waals surface area (Å²) < 4.78 is 0. The number of unbranched alkanes of at least 4 members (excludes halogenated alkanes) is 3. The summed E-state index contributed by atoms with van der Waals surface area (Å²) in [7, 11) is 0. The maximum Gasteiger partial charge on any atom is 1.00 e. The molecule has 0 unspecified atom stereocenters. The zero-order chi connectivity index (χ0) is 24.3. The third-order valence-corrected chi connectivity index (χ3v) is 5.71. The summed E-state index contributed by atoms with van der Waals surface area (Å²) in [6, 6.07) is 18.0. The van der Waals surface area contributed by atoms with Crippen LogP contribution in [-0.4, -0.2) is 46.7 Å². The summed E-state index contributed by atoms with van der Waals surface area (Å²) in [6.07, 6.45) is 7.95. The van der Waals surface area contributed by atoms with Gasteiger partial charge in [0.2, 0.25) is 0 Å². The molecule has 2 aromatic rings. The van der Waals surface area contributed by atoms with E-state index in [0.717, 1.165) is 30.6 Å². The first-order valence-corrected chi connectivity index (χ1v) is 12.2. The van der Waals surface area contributed by atoms with Crippen LogP contribution in [0.1, 0.15) is 70.5 Å². The van der Waals surface area contributed by atoms with Crippen LogP contribution in [0.3, 0.4) is 0 Å². The summed E-state index contributed by atoms with van der Waals surface area (Å²) >= 11 is 0. The molecule has 0 atom stereocenters. The van der Waals surface area contributed by atoms with Crippen molar-refractivity contribution in [1.82, 2.24) is 4.90 Å². The Hall–Kier alpha value is -1.66. The van der Waals surface area contributed by atoms with Gasteiger partial charge in [0.25, 0.3) is 0 Å². The van der Waals surface area contributed by atoms with Crippen molar-refractivity contribution >= 4 is 11.9 Å². The molecule has 0 aliphatic carbocycles. The molecule has 2 N–H and O–H groups in total.